The van der Waals surface area contributed by atoms with Crippen LogP contribution < -0.4 is 0 Å². The number of hydrogen-bond donors (Lipinski definition) is 0. The summed E-state index contributed by atoms with van der Waals surface area (Å²) in [5, 5.41) is -0.542. The first-order valence-corrected chi connectivity index (χ1v) is 13.6. The monoisotopic (exact) mass is 554 g/mol. The fourth-order valence-corrected chi connectivity index (χ4v) is 5.34. The van der Waals surface area contributed by atoms with E-state index < -0.39 is 41.2 Å². The standard InChI is InChI=1S/C29H30O9S/c1-3-34-28(33)22-16-29(15-14-25(22)39-19(2)30)37-23(17-35-26(31)20-10-6-4-7-11-20)24(38-29)18-36-27(32)21-12-8-5-9-13-21/h4-13,16,23-25H,3,14-15,17-18H2,1-2H3/t23-,24-,25?/m0/s1. The third-order valence-electron chi connectivity index (χ3n) is 6.19. The molecular weight excluding hydrogens is 524 g/mol. The molecule has 0 aromatic heterocycles. The van der Waals surface area contributed by atoms with E-state index in [1.54, 1.807) is 73.7 Å². The van der Waals surface area contributed by atoms with Crippen LogP contribution in [0.2, 0.25) is 0 Å². The number of carbonyl (C=O) groups is 4. The first kappa shape index (κ1) is 28.5. The molecule has 0 saturated carbocycles. The Labute approximate surface area is 230 Å². The van der Waals surface area contributed by atoms with Crippen molar-refractivity contribution in [3.05, 3.63) is 83.4 Å². The fraction of sp³-hybridized carbons (Fsp3) is 0.379. The molecular formula is C29H30O9S. The Balaban J connectivity index is 1.54. The van der Waals surface area contributed by atoms with Crippen LogP contribution in [0.25, 0.3) is 0 Å². The number of esters is 3. The van der Waals surface area contributed by atoms with Crippen molar-refractivity contribution in [2.45, 2.75) is 49.9 Å². The molecule has 0 amide bonds. The van der Waals surface area contributed by atoms with Crippen molar-refractivity contribution in [2.24, 2.45) is 0 Å². The highest BCUT2D eigenvalue weighted by atomic mass is 32.2. The van der Waals surface area contributed by atoms with Gasteiger partial charge in [0.15, 0.2) is 10.9 Å². The molecule has 0 N–H and O–H groups in total. The van der Waals surface area contributed by atoms with Gasteiger partial charge in [0.2, 0.25) is 0 Å². The van der Waals surface area contributed by atoms with Crippen LogP contribution in [0.1, 0.15) is 47.4 Å². The van der Waals surface area contributed by atoms with Gasteiger partial charge in [-0.25, -0.2) is 14.4 Å². The number of thioether (sulfide) groups is 1. The van der Waals surface area contributed by atoms with E-state index in [9.17, 15) is 19.2 Å². The van der Waals surface area contributed by atoms with E-state index in [-0.39, 0.29) is 30.5 Å². The zero-order valence-corrected chi connectivity index (χ0v) is 22.5. The Morgan fingerprint density at radius 3 is 1.79 bits per heavy atom. The van der Waals surface area contributed by atoms with Gasteiger partial charge in [0, 0.05) is 18.6 Å². The Morgan fingerprint density at radius 2 is 1.33 bits per heavy atom. The Morgan fingerprint density at radius 1 is 0.821 bits per heavy atom. The Kier molecular flexibility index (Phi) is 9.55. The molecule has 39 heavy (non-hydrogen) atoms. The first-order valence-electron chi connectivity index (χ1n) is 12.7. The van der Waals surface area contributed by atoms with E-state index >= 15 is 0 Å². The average Bonchev–Trinajstić information content (AvgIpc) is 3.28. The highest BCUT2D eigenvalue weighted by Crippen LogP contribution is 2.43. The minimum atomic E-state index is -1.34. The molecule has 0 radical (unpaired) electrons. The molecule has 1 aliphatic carbocycles. The summed E-state index contributed by atoms with van der Waals surface area (Å²) >= 11 is 1.05. The summed E-state index contributed by atoms with van der Waals surface area (Å²) < 4.78 is 28.8. The largest absolute Gasteiger partial charge is 0.463 e. The fourth-order valence-electron chi connectivity index (χ4n) is 4.41. The van der Waals surface area contributed by atoms with Crippen molar-refractivity contribution in [2.75, 3.05) is 19.8 Å². The number of carbonyl (C=O) groups excluding carboxylic acids is 4. The predicted molar refractivity (Wildman–Crippen MR) is 142 cm³/mol. The van der Waals surface area contributed by atoms with Crippen LogP contribution in [-0.4, -0.2) is 66.1 Å². The zero-order valence-electron chi connectivity index (χ0n) is 21.7. The SMILES string of the molecule is CCOC(=O)C1=CC2(CCC1SC(C)=O)O[C@@H](COC(=O)c1ccccc1)[C@H](COC(=O)c1ccccc1)O2. The average molecular weight is 555 g/mol. The molecule has 9 nitrogen and oxygen atoms in total. The normalized spacial score (nSPS) is 21.6. The number of rotatable bonds is 9. The lowest BCUT2D eigenvalue weighted by atomic mass is 9.94. The van der Waals surface area contributed by atoms with Crippen LogP contribution >= 0.6 is 11.8 Å². The van der Waals surface area contributed by atoms with Gasteiger partial charge < -0.3 is 23.7 Å². The molecule has 1 aliphatic heterocycles. The van der Waals surface area contributed by atoms with E-state index in [1.165, 1.54) is 6.92 Å². The number of benzene rings is 2. The molecule has 2 aromatic rings. The van der Waals surface area contributed by atoms with Crippen LogP contribution in [0.5, 0.6) is 0 Å². The highest BCUT2D eigenvalue weighted by molar-refractivity contribution is 8.14. The highest BCUT2D eigenvalue weighted by Gasteiger charge is 2.50. The number of ether oxygens (including phenoxy) is 5. The maximum atomic E-state index is 12.8. The Bertz CT molecular complexity index is 1150. The van der Waals surface area contributed by atoms with Crippen molar-refractivity contribution < 1.29 is 42.9 Å². The van der Waals surface area contributed by atoms with Gasteiger partial charge in [0.05, 0.1) is 23.3 Å². The summed E-state index contributed by atoms with van der Waals surface area (Å²) in [5.41, 5.74) is 1.03. The molecule has 206 valence electrons. The predicted octanol–water partition coefficient (Wildman–Crippen LogP) is 4.11. The van der Waals surface area contributed by atoms with Gasteiger partial charge in [0.25, 0.3) is 0 Å². The van der Waals surface area contributed by atoms with Gasteiger partial charge in [-0.1, -0.05) is 48.2 Å². The maximum Gasteiger partial charge on any atom is 0.338 e. The molecule has 3 atom stereocenters. The summed E-state index contributed by atoms with van der Waals surface area (Å²) in [7, 11) is 0. The quantitative estimate of drug-likeness (QED) is 0.331. The second-order valence-corrected chi connectivity index (χ2v) is 10.4. The minimum Gasteiger partial charge on any atom is -0.463 e. The molecule has 1 fully saturated rings. The zero-order chi connectivity index (χ0) is 27.8. The van der Waals surface area contributed by atoms with Gasteiger partial charge in [-0.2, -0.15) is 0 Å². The van der Waals surface area contributed by atoms with Crippen molar-refractivity contribution in [1.82, 2.24) is 0 Å². The third kappa shape index (κ3) is 7.35. The van der Waals surface area contributed by atoms with Gasteiger partial charge in [-0.3, -0.25) is 4.79 Å². The lowest BCUT2D eigenvalue weighted by Crippen LogP contribution is -2.38. The van der Waals surface area contributed by atoms with Crippen LogP contribution in [0.15, 0.2) is 72.3 Å². The van der Waals surface area contributed by atoms with E-state index in [2.05, 4.69) is 0 Å². The molecule has 1 saturated heterocycles. The Hall–Kier alpha value is -3.47. The van der Waals surface area contributed by atoms with Gasteiger partial charge in [-0.05, 0) is 43.7 Å². The van der Waals surface area contributed by atoms with Crippen molar-refractivity contribution >= 4 is 34.8 Å². The molecule has 1 spiro atoms. The van der Waals surface area contributed by atoms with Crippen LogP contribution in [-0.2, 0) is 33.3 Å². The molecule has 2 aromatic carbocycles. The molecule has 2 aliphatic rings. The van der Waals surface area contributed by atoms with E-state index in [4.69, 9.17) is 23.7 Å². The summed E-state index contributed by atoms with van der Waals surface area (Å²) in [5.74, 6) is -2.98. The summed E-state index contributed by atoms with van der Waals surface area (Å²) in [6.45, 7) is 2.96. The molecule has 4 rings (SSSR count). The van der Waals surface area contributed by atoms with Crippen molar-refractivity contribution in [3.8, 4) is 0 Å². The second kappa shape index (κ2) is 13.1. The van der Waals surface area contributed by atoms with Gasteiger partial charge in [-0.15, -0.1) is 0 Å². The minimum absolute atomic E-state index is 0.129. The van der Waals surface area contributed by atoms with Gasteiger partial charge in [0.1, 0.15) is 25.4 Å². The summed E-state index contributed by atoms with van der Waals surface area (Å²) in [6.07, 6.45) is 0.686. The maximum absolute atomic E-state index is 12.8. The second-order valence-electron chi connectivity index (χ2n) is 9.01. The molecule has 0 bridgehead atoms. The van der Waals surface area contributed by atoms with E-state index in [0.29, 0.717) is 24.0 Å². The van der Waals surface area contributed by atoms with E-state index in [0.717, 1.165) is 11.8 Å². The molecule has 10 heteroatoms. The lowest BCUT2D eigenvalue weighted by molar-refractivity contribution is -0.154. The van der Waals surface area contributed by atoms with Crippen molar-refractivity contribution in [1.29, 1.82) is 0 Å². The molecule has 1 unspecified atom stereocenters. The first-order chi connectivity index (χ1) is 18.8. The smallest absolute Gasteiger partial charge is 0.338 e. The number of hydrogen-bond acceptors (Lipinski definition) is 10. The third-order valence-corrected chi connectivity index (χ3v) is 7.30. The topological polar surface area (TPSA) is 114 Å². The lowest BCUT2D eigenvalue weighted by Gasteiger charge is -2.33. The molecule has 1 heterocycles. The van der Waals surface area contributed by atoms with Crippen LogP contribution in [0.3, 0.4) is 0 Å². The van der Waals surface area contributed by atoms with E-state index in [1.807, 2.05) is 0 Å². The van der Waals surface area contributed by atoms with Crippen LogP contribution in [0.4, 0.5) is 0 Å². The van der Waals surface area contributed by atoms with Gasteiger partial charge >= 0.3 is 17.9 Å². The summed E-state index contributed by atoms with van der Waals surface area (Å²) in [4.78, 5) is 49.7. The summed E-state index contributed by atoms with van der Waals surface area (Å²) in [6, 6.07) is 17.0. The van der Waals surface area contributed by atoms with Crippen LogP contribution in [0, 0.1) is 0 Å². The van der Waals surface area contributed by atoms with Crippen molar-refractivity contribution in [3.63, 3.8) is 0 Å².